The van der Waals surface area contributed by atoms with Crippen molar-refractivity contribution >= 4 is 17.7 Å². The lowest BCUT2D eigenvalue weighted by molar-refractivity contribution is -0.137. The first kappa shape index (κ1) is 43.1. The monoisotopic (exact) mass is 814 g/mol. The lowest BCUT2D eigenvalue weighted by Crippen LogP contribution is -2.33. The van der Waals surface area contributed by atoms with Crippen LogP contribution in [0.4, 0.5) is 0 Å². The number of nitrogens with one attached hydrogen (secondary N) is 1. The Morgan fingerprint density at radius 1 is 0.600 bits per heavy atom. The second kappa shape index (κ2) is 22.1. The van der Waals surface area contributed by atoms with Crippen molar-refractivity contribution in [1.82, 2.24) is 30.0 Å². The number of imide groups is 1. The largest absolute Gasteiger partial charge is 0.508 e. The lowest BCUT2D eigenvalue weighted by atomic mass is 10.0. The van der Waals surface area contributed by atoms with E-state index in [-0.39, 0.29) is 80.9 Å². The molecule has 3 heterocycles. The van der Waals surface area contributed by atoms with Crippen molar-refractivity contribution in [2.24, 2.45) is 0 Å². The average molecular weight is 815 g/mol. The maximum absolute atomic E-state index is 13.0. The van der Waals surface area contributed by atoms with Crippen molar-refractivity contribution in [3.8, 4) is 17.2 Å². The molecule has 0 bridgehead atoms. The van der Waals surface area contributed by atoms with Crippen LogP contribution in [0.25, 0.3) is 0 Å². The van der Waals surface area contributed by atoms with E-state index in [9.17, 15) is 29.7 Å². The highest BCUT2D eigenvalue weighted by molar-refractivity contribution is 6.12. The van der Waals surface area contributed by atoms with Crippen LogP contribution in [0.2, 0.25) is 0 Å². The Morgan fingerprint density at radius 2 is 1.08 bits per heavy atom. The van der Waals surface area contributed by atoms with Crippen LogP contribution < -0.4 is 5.32 Å². The fraction of sp³-hybridized carbons (Fsp3) is 0.283. The number of carbonyl (C=O) groups excluding carboxylic acids is 3. The maximum Gasteiger partial charge on any atom is 0.253 e. The summed E-state index contributed by atoms with van der Waals surface area (Å²) in [5, 5.41) is 36.4. The fourth-order valence-corrected chi connectivity index (χ4v) is 6.79. The van der Waals surface area contributed by atoms with Gasteiger partial charge in [-0.15, -0.1) is 0 Å². The molecule has 60 heavy (non-hydrogen) atoms. The van der Waals surface area contributed by atoms with Gasteiger partial charge in [0.2, 0.25) is 5.91 Å². The first-order chi connectivity index (χ1) is 29.2. The summed E-state index contributed by atoms with van der Waals surface area (Å²) < 4.78 is 11.1. The van der Waals surface area contributed by atoms with E-state index in [0.717, 1.165) is 33.0 Å². The molecule has 0 saturated carbocycles. The van der Waals surface area contributed by atoms with Crippen LogP contribution in [0, 0.1) is 0 Å². The minimum Gasteiger partial charge on any atom is -0.508 e. The summed E-state index contributed by atoms with van der Waals surface area (Å²) in [6, 6.07) is 29.5. The molecule has 14 nitrogen and oxygen atoms in total. The third kappa shape index (κ3) is 13.0. The molecule has 0 spiro atoms. The number of amides is 3. The number of nitrogens with zero attached hydrogens (tertiary/aromatic N) is 5. The van der Waals surface area contributed by atoms with Gasteiger partial charge in [-0.25, -0.2) is 0 Å². The van der Waals surface area contributed by atoms with Crippen molar-refractivity contribution in [2.45, 2.75) is 52.2 Å². The molecule has 6 rings (SSSR count). The molecule has 312 valence electrons. The van der Waals surface area contributed by atoms with Gasteiger partial charge in [-0.1, -0.05) is 48.5 Å². The number of carbonyl (C=O) groups is 3. The van der Waals surface area contributed by atoms with Crippen LogP contribution in [0.15, 0.2) is 122 Å². The summed E-state index contributed by atoms with van der Waals surface area (Å²) >= 11 is 0. The number of benzene rings is 3. The predicted octanol–water partition coefficient (Wildman–Crippen LogP) is 4.96. The predicted molar refractivity (Wildman–Crippen MR) is 223 cm³/mol. The first-order valence-electron chi connectivity index (χ1n) is 19.8. The Kier molecular flexibility index (Phi) is 15.9. The maximum atomic E-state index is 13.0. The zero-order valence-corrected chi connectivity index (χ0v) is 33.4. The van der Waals surface area contributed by atoms with Crippen molar-refractivity contribution in [3.05, 3.63) is 161 Å². The van der Waals surface area contributed by atoms with Crippen LogP contribution in [-0.2, 0) is 69.7 Å². The zero-order valence-electron chi connectivity index (χ0n) is 33.4. The normalized spacial score (nSPS) is 12.5. The lowest BCUT2D eigenvalue weighted by Gasteiger charge is -2.26. The van der Waals surface area contributed by atoms with E-state index in [2.05, 4.69) is 25.1 Å². The van der Waals surface area contributed by atoms with Crippen molar-refractivity contribution < 1.29 is 39.2 Å². The number of pyridine rings is 2. The number of aromatic hydroxyl groups is 3. The molecular weight excluding hydrogens is 765 g/mol. The molecular formula is C46H50N6O8. The summed E-state index contributed by atoms with van der Waals surface area (Å²) in [5.74, 6) is -0.503. The van der Waals surface area contributed by atoms with Gasteiger partial charge in [-0.3, -0.25) is 39.1 Å². The van der Waals surface area contributed by atoms with E-state index < -0.39 is 0 Å². The second-order valence-corrected chi connectivity index (χ2v) is 14.4. The van der Waals surface area contributed by atoms with Gasteiger partial charge >= 0.3 is 0 Å². The SMILES string of the molecule is O=C(CCOCCOCCN1C(=O)C=CC1=O)NCc1cc(CN(Cc2ccccn2)Cc2ccccc2O)c(O)c(CN(Cc2ccccn2)Cc2ccccc2O)c1. The second-order valence-electron chi connectivity index (χ2n) is 14.4. The molecule has 3 amide bonds. The highest BCUT2D eigenvalue weighted by Gasteiger charge is 2.23. The Bertz CT molecular complexity index is 2090. The molecule has 5 aromatic rings. The fourth-order valence-electron chi connectivity index (χ4n) is 6.79. The summed E-state index contributed by atoms with van der Waals surface area (Å²) in [4.78, 5) is 50.7. The van der Waals surface area contributed by atoms with E-state index >= 15 is 0 Å². The Balaban J connectivity index is 1.16. The van der Waals surface area contributed by atoms with E-state index in [1.165, 1.54) is 12.2 Å². The number of ether oxygens (including phenoxy) is 2. The van der Waals surface area contributed by atoms with Gasteiger partial charge < -0.3 is 30.1 Å². The van der Waals surface area contributed by atoms with Gasteiger partial charge in [0, 0.05) is 99.0 Å². The Hall–Kier alpha value is -6.45. The van der Waals surface area contributed by atoms with Gasteiger partial charge in [-0.05, 0) is 54.1 Å². The molecule has 0 aliphatic carbocycles. The standard InChI is InChI=1S/C46H50N6O8/c53-41-13-3-1-9-35(41)28-50(32-39-11-5-7-18-47-39)30-37-25-34(27-49-43(55)17-21-59-23-24-60-22-20-52-44(56)15-16-45(52)57)26-38(46(37)58)31-51(33-40-12-6-8-19-48-40)29-36-10-2-4-14-42(36)54/h1-16,18-19,25-26,53-54,58H,17,20-24,27-33H2,(H,49,55). The molecule has 2 aromatic heterocycles. The average Bonchev–Trinajstić information content (AvgIpc) is 3.57. The number of para-hydroxylation sites is 2. The number of hydrogen-bond acceptors (Lipinski definition) is 12. The summed E-state index contributed by atoms with van der Waals surface area (Å²) in [6.45, 7) is 3.38. The summed E-state index contributed by atoms with van der Waals surface area (Å²) in [6.07, 6.45) is 6.03. The van der Waals surface area contributed by atoms with Crippen molar-refractivity contribution in [2.75, 3.05) is 33.0 Å². The van der Waals surface area contributed by atoms with Gasteiger partial charge in [0.1, 0.15) is 17.2 Å². The Morgan fingerprint density at radius 3 is 1.58 bits per heavy atom. The minimum absolute atomic E-state index is 0.0996. The molecule has 0 fully saturated rings. The number of rotatable bonds is 23. The number of phenols is 3. The number of phenolic OH excluding ortho intramolecular Hbond substituents is 3. The van der Waals surface area contributed by atoms with Crippen LogP contribution in [-0.4, -0.2) is 90.7 Å². The van der Waals surface area contributed by atoms with Crippen LogP contribution in [0.1, 0.15) is 45.6 Å². The molecule has 14 heteroatoms. The molecule has 1 aliphatic heterocycles. The van der Waals surface area contributed by atoms with E-state index in [4.69, 9.17) is 9.47 Å². The summed E-state index contributed by atoms with van der Waals surface area (Å²) in [7, 11) is 0. The van der Waals surface area contributed by atoms with Gasteiger partial charge in [-0.2, -0.15) is 0 Å². The molecule has 0 saturated heterocycles. The Labute approximate surface area is 349 Å². The number of aromatic nitrogens is 2. The topological polar surface area (TPSA) is 178 Å². The van der Waals surface area contributed by atoms with E-state index in [1.807, 2.05) is 72.8 Å². The highest BCUT2D eigenvalue weighted by Crippen LogP contribution is 2.31. The molecule has 4 N–H and O–H groups in total. The molecule has 3 aromatic carbocycles. The molecule has 1 aliphatic rings. The third-order valence-corrected chi connectivity index (χ3v) is 9.81. The van der Waals surface area contributed by atoms with Gasteiger partial charge in [0.15, 0.2) is 0 Å². The zero-order chi connectivity index (χ0) is 42.1. The van der Waals surface area contributed by atoms with Crippen molar-refractivity contribution in [3.63, 3.8) is 0 Å². The third-order valence-electron chi connectivity index (χ3n) is 9.81. The van der Waals surface area contributed by atoms with Gasteiger partial charge in [0.25, 0.3) is 11.8 Å². The minimum atomic E-state index is -0.357. The highest BCUT2D eigenvalue weighted by atomic mass is 16.5. The first-order valence-corrected chi connectivity index (χ1v) is 19.8. The van der Waals surface area contributed by atoms with E-state index in [1.54, 1.807) is 36.7 Å². The van der Waals surface area contributed by atoms with E-state index in [0.29, 0.717) is 50.4 Å². The number of hydrogen-bond donors (Lipinski definition) is 4. The van der Waals surface area contributed by atoms with Crippen LogP contribution in [0.5, 0.6) is 17.2 Å². The molecule has 0 radical (unpaired) electrons. The summed E-state index contributed by atoms with van der Waals surface area (Å²) in [5.41, 5.74) is 5.11. The quantitative estimate of drug-likeness (QED) is 0.0516. The van der Waals surface area contributed by atoms with Crippen LogP contribution >= 0.6 is 0 Å². The smallest absolute Gasteiger partial charge is 0.253 e. The van der Waals surface area contributed by atoms with Crippen LogP contribution in [0.3, 0.4) is 0 Å². The molecule has 0 atom stereocenters. The van der Waals surface area contributed by atoms with Gasteiger partial charge in [0.05, 0.1) is 44.4 Å². The molecule has 0 unspecified atom stereocenters. The van der Waals surface area contributed by atoms with Crippen molar-refractivity contribution in [1.29, 1.82) is 0 Å².